The van der Waals surface area contributed by atoms with Crippen LogP contribution in [0.4, 0.5) is 10.7 Å². The fraction of sp³-hybridized carbons (Fsp3) is 0.333. The van der Waals surface area contributed by atoms with Crippen molar-refractivity contribution in [1.82, 2.24) is 10.3 Å². The smallest absolute Gasteiger partial charge is 0.263 e. The highest BCUT2D eigenvalue weighted by Gasteiger charge is 2.26. The molecule has 3 N–H and O–H groups in total. The van der Waals surface area contributed by atoms with Crippen molar-refractivity contribution >= 4 is 27.9 Å². The van der Waals surface area contributed by atoms with Crippen LogP contribution >= 0.6 is 11.3 Å². The molecule has 1 aliphatic rings. The lowest BCUT2D eigenvalue weighted by atomic mass is 10.2. The monoisotopic (exact) mass is 302 g/mol. The van der Waals surface area contributed by atoms with Gasteiger partial charge in [0.15, 0.2) is 0 Å². The van der Waals surface area contributed by atoms with Crippen molar-refractivity contribution in [3.63, 3.8) is 0 Å². The largest absolute Gasteiger partial charge is 0.397 e. The van der Waals surface area contributed by atoms with Crippen molar-refractivity contribution in [2.45, 2.75) is 25.4 Å². The van der Waals surface area contributed by atoms with Gasteiger partial charge in [0.1, 0.15) is 4.88 Å². The summed E-state index contributed by atoms with van der Waals surface area (Å²) in [5.74, 6) is -0.0523. The number of hydrogen-bond acceptors (Lipinski definition) is 5. The fourth-order valence-electron chi connectivity index (χ4n) is 2.08. The van der Waals surface area contributed by atoms with E-state index in [1.54, 1.807) is 12.4 Å². The van der Waals surface area contributed by atoms with E-state index in [1.807, 2.05) is 25.2 Å². The predicted octanol–water partition coefficient (Wildman–Crippen LogP) is 2.25. The fourth-order valence-corrected chi connectivity index (χ4v) is 3.02. The number of amides is 1. The molecule has 2 aromatic heterocycles. The van der Waals surface area contributed by atoms with Crippen LogP contribution in [0.5, 0.6) is 0 Å². The molecule has 0 radical (unpaired) electrons. The zero-order valence-corrected chi connectivity index (χ0v) is 12.7. The van der Waals surface area contributed by atoms with Crippen molar-refractivity contribution in [3.05, 3.63) is 41.0 Å². The molecular formula is C15H18N4OS. The summed E-state index contributed by atoms with van der Waals surface area (Å²) in [6.07, 6.45) is 5.71. The maximum absolute atomic E-state index is 12.1. The zero-order valence-electron chi connectivity index (χ0n) is 11.9. The van der Waals surface area contributed by atoms with E-state index in [-0.39, 0.29) is 5.91 Å². The lowest BCUT2D eigenvalue weighted by Gasteiger charge is -2.16. The molecule has 21 heavy (non-hydrogen) atoms. The minimum atomic E-state index is -0.0523. The summed E-state index contributed by atoms with van der Waals surface area (Å²) in [5, 5.41) is 3.97. The molecule has 1 aliphatic carbocycles. The third-order valence-electron chi connectivity index (χ3n) is 3.41. The molecule has 3 rings (SSSR count). The van der Waals surface area contributed by atoms with E-state index in [4.69, 9.17) is 5.73 Å². The summed E-state index contributed by atoms with van der Waals surface area (Å²) in [5.41, 5.74) is 7.70. The van der Waals surface area contributed by atoms with Crippen LogP contribution in [0.1, 0.15) is 28.1 Å². The van der Waals surface area contributed by atoms with E-state index in [1.165, 1.54) is 16.9 Å². The number of nitrogens with zero attached hydrogens (tertiary/aromatic N) is 2. The molecule has 0 spiro atoms. The SMILES string of the molecule is CN(Cc1ccncc1)c1cc(N)c(C(=O)NC2CC2)s1. The number of anilines is 2. The van der Waals surface area contributed by atoms with Gasteiger partial charge in [0, 0.05) is 32.0 Å². The number of hydrogen-bond donors (Lipinski definition) is 2. The zero-order chi connectivity index (χ0) is 14.8. The van der Waals surface area contributed by atoms with E-state index < -0.39 is 0 Å². The van der Waals surface area contributed by atoms with E-state index in [2.05, 4.69) is 15.2 Å². The highest BCUT2D eigenvalue weighted by atomic mass is 32.1. The molecule has 0 unspecified atom stereocenters. The summed E-state index contributed by atoms with van der Waals surface area (Å²) in [7, 11) is 1.99. The number of rotatable bonds is 5. The Labute approximate surface area is 127 Å². The Bertz CT molecular complexity index is 636. The van der Waals surface area contributed by atoms with Gasteiger partial charge in [-0.2, -0.15) is 0 Å². The Morgan fingerprint density at radius 2 is 2.19 bits per heavy atom. The molecular weight excluding hydrogens is 284 g/mol. The molecule has 0 saturated heterocycles. The summed E-state index contributed by atoms with van der Waals surface area (Å²) < 4.78 is 0. The first-order valence-corrected chi connectivity index (χ1v) is 7.75. The van der Waals surface area contributed by atoms with E-state index in [9.17, 15) is 4.79 Å². The quantitative estimate of drug-likeness (QED) is 0.888. The average molecular weight is 302 g/mol. The minimum absolute atomic E-state index is 0.0523. The number of nitrogens with one attached hydrogen (secondary N) is 1. The molecule has 0 aliphatic heterocycles. The third-order valence-corrected chi connectivity index (χ3v) is 4.68. The second kappa shape index (κ2) is 5.73. The number of nitrogen functional groups attached to an aromatic ring is 1. The Hall–Kier alpha value is -2.08. The maximum Gasteiger partial charge on any atom is 0.263 e. The average Bonchev–Trinajstić information content (AvgIpc) is 3.19. The molecule has 1 amide bonds. The molecule has 2 aromatic rings. The van der Waals surface area contributed by atoms with Gasteiger partial charge in [-0.15, -0.1) is 11.3 Å². The van der Waals surface area contributed by atoms with Gasteiger partial charge in [-0.3, -0.25) is 9.78 Å². The van der Waals surface area contributed by atoms with Gasteiger partial charge in [-0.1, -0.05) is 0 Å². The van der Waals surface area contributed by atoms with E-state index in [0.717, 1.165) is 24.4 Å². The molecule has 1 fully saturated rings. The Balaban J connectivity index is 1.71. The van der Waals surface area contributed by atoms with Gasteiger partial charge in [0.2, 0.25) is 0 Å². The van der Waals surface area contributed by atoms with Gasteiger partial charge >= 0.3 is 0 Å². The molecule has 0 aromatic carbocycles. The minimum Gasteiger partial charge on any atom is -0.397 e. The predicted molar refractivity (Wildman–Crippen MR) is 85.6 cm³/mol. The Morgan fingerprint density at radius 3 is 2.86 bits per heavy atom. The topological polar surface area (TPSA) is 71.2 Å². The number of aromatic nitrogens is 1. The first-order valence-electron chi connectivity index (χ1n) is 6.93. The highest BCUT2D eigenvalue weighted by molar-refractivity contribution is 7.18. The standard InChI is InChI=1S/C15H18N4OS/c1-19(9-10-4-6-17-7-5-10)13-8-12(16)14(21-13)15(20)18-11-2-3-11/h4-8,11H,2-3,9,16H2,1H3,(H,18,20). The van der Waals surface area contributed by atoms with Crippen molar-refractivity contribution in [2.75, 3.05) is 17.7 Å². The molecule has 0 atom stereocenters. The van der Waals surface area contributed by atoms with E-state index in [0.29, 0.717) is 16.6 Å². The Kier molecular flexibility index (Phi) is 3.79. The van der Waals surface area contributed by atoms with Crippen LogP contribution in [0.25, 0.3) is 0 Å². The van der Waals surface area contributed by atoms with Gasteiger partial charge in [0.05, 0.1) is 10.7 Å². The van der Waals surface area contributed by atoms with Crippen LogP contribution in [0, 0.1) is 0 Å². The second-order valence-corrected chi connectivity index (χ2v) is 6.36. The number of carbonyl (C=O) groups is 1. The first kappa shape index (κ1) is 13.9. The summed E-state index contributed by atoms with van der Waals surface area (Å²) in [4.78, 5) is 18.8. The van der Waals surface area contributed by atoms with Crippen LogP contribution in [0.2, 0.25) is 0 Å². The number of nitrogens with two attached hydrogens (primary N) is 1. The molecule has 0 bridgehead atoms. The summed E-state index contributed by atoms with van der Waals surface area (Å²) in [6.45, 7) is 0.756. The number of thiophene rings is 1. The number of carbonyl (C=O) groups excluding carboxylic acids is 1. The third kappa shape index (κ3) is 3.33. The van der Waals surface area contributed by atoms with Gasteiger partial charge in [-0.25, -0.2) is 0 Å². The van der Waals surface area contributed by atoms with Crippen LogP contribution in [0.3, 0.4) is 0 Å². The molecule has 1 saturated carbocycles. The second-order valence-electron chi connectivity index (χ2n) is 5.33. The van der Waals surface area contributed by atoms with Gasteiger partial charge in [-0.05, 0) is 36.6 Å². The Morgan fingerprint density at radius 1 is 1.48 bits per heavy atom. The van der Waals surface area contributed by atoms with Gasteiger partial charge < -0.3 is 16.0 Å². The van der Waals surface area contributed by atoms with Crippen molar-refractivity contribution in [3.8, 4) is 0 Å². The molecule has 110 valence electrons. The van der Waals surface area contributed by atoms with Crippen LogP contribution in [0.15, 0.2) is 30.6 Å². The summed E-state index contributed by atoms with van der Waals surface area (Å²) in [6, 6.07) is 6.17. The van der Waals surface area contributed by atoms with E-state index >= 15 is 0 Å². The normalized spacial score (nSPS) is 14.0. The van der Waals surface area contributed by atoms with Crippen molar-refractivity contribution in [2.24, 2.45) is 0 Å². The van der Waals surface area contributed by atoms with Crippen LogP contribution < -0.4 is 16.0 Å². The van der Waals surface area contributed by atoms with Crippen molar-refractivity contribution < 1.29 is 4.79 Å². The highest BCUT2D eigenvalue weighted by Crippen LogP contribution is 2.33. The molecule has 2 heterocycles. The lowest BCUT2D eigenvalue weighted by molar-refractivity contribution is 0.0956. The van der Waals surface area contributed by atoms with Crippen LogP contribution in [-0.2, 0) is 6.54 Å². The first-order chi connectivity index (χ1) is 10.1. The van der Waals surface area contributed by atoms with Crippen LogP contribution in [-0.4, -0.2) is 24.0 Å². The maximum atomic E-state index is 12.1. The lowest BCUT2D eigenvalue weighted by Crippen LogP contribution is -2.25. The van der Waals surface area contributed by atoms with Crippen molar-refractivity contribution in [1.29, 1.82) is 0 Å². The van der Waals surface area contributed by atoms with Gasteiger partial charge in [0.25, 0.3) is 5.91 Å². The molecule has 5 nitrogen and oxygen atoms in total. The summed E-state index contributed by atoms with van der Waals surface area (Å²) >= 11 is 1.44. The molecule has 6 heteroatoms. The number of pyridine rings is 1.